The van der Waals surface area contributed by atoms with Gasteiger partial charge in [0.05, 0.1) is 0 Å². The molecule has 3 aliphatic rings. The normalized spacial score (nSPS) is 28.1. The summed E-state index contributed by atoms with van der Waals surface area (Å²) in [5, 5.41) is 24.0. The van der Waals surface area contributed by atoms with Gasteiger partial charge in [0, 0.05) is 25.4 Å². The molecule has 0 spiro atoms. The van der Waals surface area contributed by atoms with Crippen LogP contribution >= 0.6 is 0 Å². The molecule has 1 aromatic rings. The van der Waals surface area contributed by atoms with Gasteiger partial charge in [-0.25, -0.2) is 8.78 Å². The predicted octanol–water partition coefficient (Wildman–Crippen LogP) is 2.77. The first-order valence-corrected chi connectivity index (χ1v) is 10.2. The molecule has 1 fully saturated rings. The largest absolute Gasteiger partial charge is 0.492 e. The first kappa shape index (κ1) is 20.3. The van der Waals surface area contributed by atoms with Gasteiger partial charge in [-0.15, -0.1) is 0 Å². The summed E-state index contributed by atoms with van der Waals surface area (Å²) in [4.78, 5) is 0. The molecule has 0 amide bonds. The number of aryl methyl sites for hydroxylation is 1. The molecule has 2 aliphatic heterocycles. The van der Waals surface area contributed by atoms with Crippen LogP contribution in [-0.4, -0.2) is 47.7 Å². The summed E-state index contributed by atoms with van der Waals surface area (Å²) in [5.74, 6) is 1.00. The Hall–Kier alpha value is -1.96. The fraction of sp³-hybridized carbons (Fsp3) is 0.545. The van der Waals surface area contributed by atoms with Crippen LogP contribution in [0.1, 0.15) is 31.2 Å². The Labute approximate surface area is 169 Å². The van der Waals surface area contributed by atoms with Crippen LogP contribution in [0.25, 0.3) is 0 Å². The Morgan fingerprint density at radius 1 is 1.00 bits per heavy atom. The molecular weight excluding hydrogens is 380 g/mol. The maximum atomic E-state index is 13.4. The van der Waals surface area contributed by atoms with Crippen LogP contribution in [0.4, 0.5) is 8.78 Å². The Balaban J connectivity index is 1.22. The van der Waals surface area contributed by atoms with E-state index in [0.29, 0.717) is 31.4 Å². The number of benzene rings is 1. The van der Waals surface area contributed by atoms with Gasteiger partial charge in [0.1, 0.15) is 47.6 Å². The lowest BCUT2D eigenvalue weighted by molar-refractivity contribution is -0.0432. The smallest absolute Gasteiger partial charge is 0.126 e. The topological polar surface area (TPSA) is 71.0 Å². The number of aliphatic hydroxyl groups is 2. The molecule has 0 aromatic heterocycles. The molecule has 7 heteroatoms. The van der Waals surface area contributed by atoms with Gasteiger partial charge >= 0.3 is 0 Å². The Bertz CT molecular complexity index is 797. The summed E-state index contributed by atoms with van der Waals surface area (Å²) in [6, 6.07) is 4.41. The highest BCUT2D eigenvalue weighted by Crippen LogP contribution is 2.36. The van der Waals surface area contributed by atoms with E-state index in [1.165, 1.54) is 18.2 Å². The van der Waals surface area contributed by atoms with Crippen LogP contribution in [0, 0.1) is 11.7 Å². The van der Waals surface area contributed by atoms with E-state index in [2.05, 4.69) is 5.32 Å². The lowest BCUT2D eigenvalue weighted by Gasteiger charge is -2.35. The second-order valence-electron chi connectivity index (χ2n) is 8.06. The van der Waals surface area contributed by atoms with Gasteiger partial charge in [-0.05, 0) is 61.6 Å². The molecule has 2 heterocycles. The molecule has 0 radical (unpaired) electrons. The third-order valence-corrected chi connectivity index (χ3v) is 5.92. The van der Waals surface area contributed by atoms with Crippen molar-refractivity contribution in [1.82, 2.24) is 5.32 Å². The molecule has 4 rings (SSSR count). The van der Waals surface area contributed by atoms with Crippen molar-refractivity contribution in [3.05, 3.63) is 53.3 Å². The first-order valence-electron chi connectivity index (χ1n) is 10.2. The number of nitrogens with one attached hydrogen (secondary N) is 1. The SMILES string of the molecule is O[C@@H](CNC[C@H](O)[C@H]1CCC2CC(F)=CC=C2O1)[C@@H]1CCc2cc(F)ccc2O1. The fourth-order valence-electron chi connectivity index (χ4n) is 4.25. The van der Waals surface area contributed by atoms with Crippen LogP contribution in [-0.2, 0) is 11.2 Å². The van der Waals surface area contributed by atoms with Crippen LogP contribution in [0.3, 0.4) is 0 Å². The number of halogens is 2. The Morgan fingerprint density at radius 3 is 2.55 bits per heavy atom. The number of fused-ring (bicyclic) bond motifs is 2. The van der Waals surface area contributed by atoms with Gasteiger partial charge in [0.2, 0.25) is 0 Å². The van der Waals surface area contributed by atoms with Crippen molar-refractivity contribution in [2.45, 2.75) is 56.5 Å². The van der Waals surface area contributed by atoms with Crippen molar-refractivity contribution in [2.75, 3.05) is 13.1 Å². The molecule has 0 saturated carbocycles. The summed E-state index contributed by atoms with van der Waals surface area (Å²) in [6.45, 7) is 0.544. The summed E-state index contributed by atoms with van der Waals surface area (Å²) in [6.07, 6.45) is 3.97. The number of allylic oxidation sites excluding steroid dienone is 4. The number of aliphatic hydroxyl groups excluding tert-OH is 2. The number of hydrogen-bond donors (Lipinski definition) is 3. The molecule has 1 unspecified atom stereocenters. The van der Waals surface area contributed by atoms with Crippen LogP contribution < -0.4 is 10.1 Å². The summed E-state index contributed by atoms with van der Waals surface area (Å²) in [7, 11) is 0. The van der Waals surface area contributed by atoms with E-state index >= 15 is 0 Å². The van der Waals surface area contributed by atoms with E-state index < -0.39 is 12.2 Å². The second kappa shape index (κ2) is 8.81. The quantitative estimate of drug-likeness (QED) is 0.677. The molecule has 1 aromatic carbocycles. The fourth-order valence-corrected chi connectivity index (χ4v) is 4.25. The van der Waals surface area contributed by atoms with E-state index in [4.69, 9.17) is 9.47 Å². The third kappa shape index (κ3) is 4.79. The van der Waals surface area contributed by atoms with E-state index in [0.717, 1.165) is 17.7 Å². The van der Waals surface area contributed by atoms with E-state index in [9.17, 15) is 19.0 Å². The van der Waals surface area contributed by atoms with Gasteiger partial charge in [0.15, 0.2) is 0 Å². The maximum absolute atomic E-state index is 13.4. The van der Waals surface area contributed by atoms with Gasteiger partial charge in [-0.1, -0.05) is 0 Å². The number of ether oxygens (including phenoxy) is 2. The summed E-state index contributed by atoms with van der Waals surface area (Å²) < 4.78 is 38.3. The Morgan fingerprint density at radius 2 is 1.76 bits per heavy atom. The Kier molecular flexibility index (Phi) is 6.18. The molecule has 1 aliphatic carbocycles. The highest BCUT2D eigenvalue weighted by Gasteiger charge is 2.33. The summed E-state index contributed by atoms with van der Waals surface area (Å²) >= 11 is 0. The van der Waals surface area contributed by atoms with Crippen molar-refractivity contribution >= 4 is 0 Å². The van der Waals surface area contributed by atoms with Crippen LogP contribution in [0.2, 0.25) is 0 Å². The van der Waals surface area contributed by atoms with Gasteiger partial charge in [-0.3, -0.25) is 0 Å². The monoisotopic (exact) mass is 407 g/mol. The molecule has 0 bridgehead atoms. The predicted molar refractivity (Wildman–Crippen MR) is 104 cm³/mol. The highest BCUT2D eigenvalue weighted by molar-refractivity contribution is 5.36. The molecule has 29 heavy (non-hydrogen) atoms. The van der Waals surface area contributed by atoms with Gasteiger partial charge in [-0.2, -0.15) is 0 Å². The molecular formula is C22H27F2NO4. The van der Waals surface area contributed by atoms with Crippen molar-refractivity contribution in [3.8, 4) is 5.75 Å². The minimum Gasteiger partial charge on any atom is -0.492 e. The van der Waals surface area contributed by atoms with E-state index in [1.807, 2.05) is 0 Å². The van der Waals surface area contributed by atoms with Crippen LogP contribution in [0.5, 0.6) is 5.75 Å². The average Bonchev–Trinajstić information content (AvgIpc) is 2.72. The minimum atomic E-state index is -0.744. The summed E-state index contributed by atoms with van der Waals surface area (Å²) in [5.41, 5.74) is 0.816. The van der Waals surface area contributed by atoms with Crippen molar-refractivity contribution in [3.63, 3.8) is 0 Å². The van der Waals surface area contributed by atoms with Crippen molar-refractivity contribution in [2.24, 2.45) is 5.92 Å². The van der Waals surface area contributed by atoms with Gasteiger partial charge in [0.25, 0.3) is 0 Å². The highest BCUT2D eigenvalue weighted by atomic mass is 19.1. The average molecular weight is 407 g/mol. The van der Waals surface area contributed by atoms with Crippen molar-refractivity contribution < 1.29 is 28.5 Å². The molecule has 1 saturated heterocycles. The van der Waals surface area contributed by atoms with Gasteiger partial charge < -0.3 is 25.0 Å². The van der Waals surface area contributed by atoms with E-state index in [-0.39, 0.29) is 42.9 Å². The molecule has 5 nitrogen and oxygen atoms in total. The minimum absolute atomic E-state index is 0.0676. The van der Waals surface area contributed by atoms with E-state index in [1.54, 1.807) is 12.1 Å². The zero-order chi connectivity index (χ0) is 20.4. The third-order valence-electron chi connectivity index (χ3n) is 5.92. The zero-order valence-electron chi connectivity index (χ0n) is 16.2. The first-order chi connectivity index (χ1) is 14.0. The molecule has 3 N–H and O–H groups in total. The molecule has 5 atom stereocenters. The van der Waals surface area contributed by atoms with Crippen LogP contribution in [0.15, 0.2) is 41.9 Å². The number of rotatable bonds is 6. The standard InChI is InChI=1S/C22H27F2NO4/c23-15-3-7-19-13(9-15)1-5-21(28-19)17(26)11-25-12-18(27)22-6-2-14-10-16(24)4-8-20(14)29-22/h3-4,7-9,14,17-18,21-22,25-27H,1-2,5-6,10-12H2/t14?,17-,18-,21-,22+/m0/s1. The maximum Gasteiger partial charge on any atom is 0.126 e. The number of hydrogen-bond acceptors (Lipinski definition) is 5. The lowest BCUT2D eigenvalue weighted by Crippen LogP contribution is -2.46. The van der Waals surface area contributed by atoms with Crippen molar-refractivity contribution in [1.29, 1.82) is 0 Å². The second-order valence-corrected chi connectivity index (χ2v) is 8.06. The molecule has 158 valence electrons. The lowest BCUT2D eigenvalue weighted by atomic mass is 9.88. The zero-order valence-corrected chi connectivity index (χ0v) is 16.2.